The number of nitrogens with zero attached hydrogens (tertiary/aromatic N) is 2. The predicted molar refractivity (Wildman–Crippen MR) is 61.4 cm³/mol. The van der Waals surface area contributed by atoms with Crippen molar-refractivity contribution in [3.05, 3.63) is 30.1 Å². The van der Waals surface area contributed by atoms with Gasteiger partial charge >= 0.3 is 0 Å². The minimum absolute atomic E-state index is 0. The molecule has 7 heteroatoms. The Bertz CT molecular complexity index is 264. The quantitative estimate of drug-likeness (QED) is 0.297. The summed E-state index contributed by atoms with van der Waals surface area (Å²) in [6.45, 7) is 0.512. The van der Waals surface area contributed by atoms with Gasteiger partial charge in [0.15, 0.2) is 0 Å². The van der Waals surface area contributed by atoms with Crippen LogP contribution in [0.5, 0.6) is 0 Å². The lowest BCUT2D eigenvalue weighted by Crippen LogP contribution is -2.37. The normalized spacial score (nSPS) is 9.64. The Balaban J connectivity index is 0. The van der Waals surface area contributed by atoms with Crippen LogP contribution in [0, 0.1) is 0 Å². The monoisotopic (exact) mass is 237 g/mol. The van der Waals surface area contributed by atoms with Crippen LogP contribution in [0.1, 0.15) is 5.56 Å². The molecule has 0 aromatic carbocycles. The van der Waals surface area contributed by atoms with E-state index in [0.29, 0.717) is 6.54 Å². The second-order valence-corrected chi connectivity index (χ2v) is 2.20. The molecule has 0 saturated heterocycles. The average Bonchev–Trinajstić information content (AvgIpc) is 2.16. The van der Waals surface area contributed by atoms with Crippen molar-refractivity contribution >= 4 is 30.8 Å². The Labute approximate surface area is 94.8 Å². The van der Waals surface area contributed by atoms with Crippen molar-refractivity contribution in [3.8, 4) is 0 Å². The fraction of sp³-hybridized carbons (Fsp3) is 0.143. The van der Waals surface area contributed by atoms with Gasteiger partial charge in [0.25, 0.3) is 0 Å². The van der Waals surface area contributed by atoms with Gasteiger partial charge in [0.2, 0.25) is 5.96 Å². The fourth-order valence-electron chi connectivity index (χ4n) is 0.710. The van der Waals surface area contributed by atoms with E-state index in [-0.39, 0.29) is 30.8 Å². The molecule has 0 unspecified atom stereocenters. The highest BCUT2D eigenvalue weighted by molar-refractivity contribution is 5.85. The number of aliphatic imine (C=N–C) groups is 1. The fourth-order valence-corrected chi connectivity index (χ4v) is 0.710. The number of rotatable bonds is 2. The lowest BCUT2D eigenvalue weighted by molar-refractivity contribution is 0.956. The Morgan fingerprint density at radius 2 is 1.93 bits per heavy atom. The SMILES string of the molecule is Cl.Cl.NNC(N)=NCc1ccncc1. The van der Waals surface area contributed by atoms with Gasteiger partial charge in [-0.2, -0.15) is 0 Å². The minimum atomic E-state index is 0. The summed E-state index contributed by atoms with van der Waals surface area (Å²) in [6.07, 6.45) is 3.41. The first-order valence-corrected chi connectivity index (χ1v) is 3.48. The molecule has 1 aromatic heterocycles. The Morgan fingerprint density at radius 3 is 2.43 bits per heavy atom. The molecule has 80 valence electrons. The van der Waals surface area contributed by atoms with E-state index in [1.165, 1.54) is 0 Å². The lowest BCUT2D eigenvalue weighted by atomic mass is 10.3. The molecular weight excluding hydrogens is 225 g/mol. The highest BCUT2D eigenvalue weighted by atomic mass is 35.5. The van der Waals surface area contributed by atoms with E-state index >= 15 is 0 Å². The van der Waals surface area contributed by atoms with Crippen molar-refractivity contribution in [2.24, 2.45) is 16.6 Å². The topological polar surface area (TPSA) is 89.3 Å². The predicted octanol–water partition coefficient (Wildman–Crippen LogP) is 0.203. The largest absolute Gasteiger partial charge is 0.369 e. The maximum Gasteiger partial charge on any atom is 0.203 e. The lowest BCUT2D eigenvalue weighted by Gasteiger charge is -1.98. The third-order valence-electron chi connectivity index (χ3n) is 1.33. The highest BCUT2D eigenvalue weighted by Crippen LogP contribution is 1.96. The number of halogens is 2. The molecule has 14 heavy (non-hydrogen) atoms. The van der Waals surface area contributed by atoms with Crippen LogP contribution in [0.3, 0.4) is 0 Å². The molecule has 0 saturated carbocycles. The summed E-state index contributed by atoms with van der Waals surface area (Å²) >= 11 is 0. The van der Waals surface area contributed by atoms with Crippen molar-refractivity contribution in [3.63, 3.8) is 0 Å². The minimum Gasteiger partial charge on any atom is -0.369 e. The van der Waals surface area contributed by atoms with E-state index in [9.17, 15) is 0 Å². The van der Waals surface area contributed by atoms with Gasteiger partial charge in [-0.3, -0.25) is 10.4 Å². The van der Waals surface area contributed by atoms with Gasteiger partial charge in [-0.05, 0) is 17.7 Å². The van der Waals surface area contributed by atoms with Crippen molar-refractivity contribution in [1.29, 1.82) is 0 Å². The van der Waals surface area contributed by atoms with Gasteiger partial charge in [-0.15, -0.1) is 24.8 Å². The summed E-state index contributed by atoms with van der Waals surface area (Å²) in [4.78, 5) is 7.82. The summed E-state index contributed by atoms with van der Waals surface area (Å²) in [5, 5.41) is 0. The van der Waals surface area contributed by atoms with E-state index in [2.05, 4.69) is 15.4 Å². The Morgan fingerprint density at radius 1 is 1.36 bits per heavy atom. The van der Waals surface area contributed by atoms with Crippen molar-refractivity contribution in [2.45, 2.75) is 6.54 Å². The zero-order valence-electron chi connectivity index (χ0n) is 7.38. The van der Waals surface area contributed by atoms with E-state index in [1.807, 2.05) is 12.1 Å². The van der Waals surface area contributed by atoms with Crippen molar-refractivity contribution in [2.75, 3.05) is 0 Å². The molecule has 0 bridgehead atoms. The number of guanidine groups is 1. The number of hydrogen-bond acceptors (Lipinski definition) is 3. The third kappa shape index (κ3) is 5.58. The molecule has 5 N–H and O–H groups in total. The van der Waals surface area contributed by atoms with Crippen LogP contribution in [0.15, 0.2) is 29.5 Å². The smallest absolute Gasteiger partial charge is 0.203 e. The van der Waals surface area contributed by atoms with Crippen LogP contribution in [-0.2, 0) is 6.54 Å². The molecule has 1 rings (SSSR count). The highest BCUT2D eigenvalue weighted by Gasteiger charge is 1.89. The van der Waals surface area contributed by atoms with E-state index in [4.69, 9.17) is 11.6 Å². The summed E-state index contributed by atoms with van der Waals surface area (Å²) in [5.41, 5.74) is 8.61. The molecule has 5 nitrogen and oxygen atoms in total. The number of hydrogen-bond donors (Lipinski definition) is 3. The number of pyridine rings is 1. The third-order valence-corrected chi connectivity index (χ3v) is 1.33. The summed E-state index contributed by atoms with van der Waals surface area (Å²) in [6, 6.07) is 3.74. The van der Waals surface area contributed by atoms with Gasteiger partial charge < -0.3 is 5.73 Å². The zero-order chi connectivity index (χ0) is 8.81. The standard InChI is InChI=1S/C7H11N5.2ClH/c8-7(12-9)11-5-6-1-3-10-4-2-6;;/h1-4H,5,9H2,(H3,8,11,12);2*1H. The van der Waals surface area contributed by atoms with Gasteiger partial charge in [0.05, 0.1) is 6.54 Å². The summed E-state index contributed by atoms with van der Waals surface area (Å²) in [5.74, 6) is 5.25. The zero-order valence-corrected chi connectivity index (χ0v) is 9.02. The molecule has 0 amide bonds. The first-order valence-electron chi connectivity index (χ1n) is 3.48. The van der Waals surface area contributed by atoms with Gasteiger partial charge in [0.1, 0.15) is 0 Å². The van der Waals surface area contributed by atoms with Crippen LogP contribution in [-0.4, -0.2) is 10.9 Å². The second kappa shape index (κ2) is 8.55. The second-order valence-electron chi connectivity index (χ2n) is 2.20. The van der Waals surface area contributed by atoms with E-state index < -0.39 is 0 Å². The Kier molecular flexibility index (Phi) is 9.43. The molecule has 0 aliphatic heterocycles. The van der Waals surface area contributed by atoms with Gasteiger partial charge in [0, 0.05) is 12.4 Å². The van der Waals surface area contributed by atoms with Crippen molar-refractivity contribution < 1.29 is 0 Å². The molecule has 1 aromatic rings. The number of nitrogens with one attached hydrogen (secondary N) is 1. The van der Waals surface area contributed by atoms with Gasteiger partial charge in [-0.25, -0.2) is 10.8 Å². The maximum absolute atomic E-state index is 5.32. The summed E-state index contributed by atoms with van der Waals surface area (Å²) in [7, 11) is 0. The molecule has 0 aliphatic carbocycles. The average molecular weight is 238 g/mol. The van der Waals surface area contributed by atoms with Crippen LogP contribution in [0.25, 0.3) is 0 Å². The number of hydrazine groups is 1. The van der Waals surface area contributed by atoms with Crippen LogP contribution in [0.2, 0.25) is 0 Å². The molecule has 1 heterocycles. The molecule has 0 spiro atoms. The first-order chi connectivity index (χ1) is 5.83. The van der Waals surface area contributed by atoms with Crippen LogP contribution in [0.4, 0.5) is 0 Å². The molecule has 0 atom stereocenters. The molecule has 0 radical (unpaired) electrons. The summed E-state index contributed by atoms with van der Waals surface area (Å²) < 4.78 is 0. The Hall–Kier alpha value is -1.04. The van der Waals surface area contributed by atoms with Crippen molar-refractivity contribution in [1.82, 2.24) is 10.4 Å². The molecule has 0 fully saturated rings. The van der Waals surface area contributed by atoms with E-state index in [0.717, 1.165) is 5.56 Å². The van der Waals surface area contributed by atoms with E-state index in [1.54, 1.807) is 12.4 Å². The maximum atomic E-state index is 5.32. The molecule has 0 aliphatic rings. The number of nitrogens with two attached hydrogens (primary N) is 2. The van der Waals surface area contributed by atoms with Crippen LogP contribution < -0.4 is 17.0 Å². The first kappa shape index (κ1) is 15.4. The molecular formula is C7H13Cl2N5. The van der Waals surface area contributed by atoms with Gasteiger partial charge in [-0.1, -0.05) is 0 Å². The van der Waals surface area contributed by atoms with Crippen LogP contribution >= 0.6 is 24.8 Å². The number of aromatic nitrogens is 1.